The molecule has 0 heterocycles. The summed E-state index contributed by atoms with van der Waals surface area (Å²) in [5.41, 5.74) is 2.16. The van der Waals surface area contributed by atoms with E-state index in [0.717, 1.165) is 5.56 Å². The molecule has 0 spiro atoms. The molecule has 1 aromatic carbocycles. The Morgan fingerprint density at radius 3 is 2.18 bits per heavy atom. The molecule has 0 radical (unpaired) electrons. The fourth-order valence-electron chi connectivity index (χ4n) is 1.74. The van der Waals surface area contributed by atoms with Crippen molar-refractivity contribution in [3.8, 4) is 0 Å². The largest absolute Gasteiger partial charge is 0.299 e. The second kappa shape index (κ2) is 6.33. The third-order valence-corrected chi connectivity index (χ3v) is 2.55. The fraction of sp³-hybridized carbons (Fsp3) is 0.467. The average Bonchev–Trinajstić information content (AvgIpc) is 2.19. The lowest BCUT2D eigenvalue weighted by molar-refractivity contribution is -0.127. The van der Waals surface area contributed by atoms with E-state index in [-0.39, 0.29) is 18.0 Å². The molecule has 92 valence electrons. The topological polar surface area (TPSA) is 34.1 Å². The van der Waals surface area contributed by atoms with Crippen LogP contribution in [0.2, 0.25) is 0 Å². The Labute approximate surface area is 103 Å². The van der Waals surface area contributed by atoms with E-state index < -0.39 is 0 Å². The molecule has 0 aromatic heterocycles. The highest BCUT2D eigenvalue weighted by molar-refractivity contribution is 5.99. The van der Waals surface area contributed by atoms with Crippen molar-refractivity contribution in [3.63, 3.8) is 0 Å². The molecule has 0 saturated carbocycles. The SMILES string of the molecule is Cc1ccc(CC(=O)CC(=O)CC(C)C)cc1. The first-order chi connectivity index (χ1) is 7.97. The van der Waals surface area contributed by atoms with E-state index in [9.17, 15) is 9.59 Å². The zero-order valence-corrected chi connectivity index (χ0v) is 10.8. The van der Waals surface area contributed by atoms with Gasteiger partial charge in [0.05, 0.1) is 6.42 Å². The first-order valence-corrected chi connectivity index (χ1v) is 6.06. The molecule has 0 atom stereocenters. The lowest BCUT2D eigenvalue weighted by Crippen LogP contribution is -2.12. The van der Waals surface area contributed by atoms with Gasteiger partial charge in [-0.2, -0.15) is 0 Å². The molecule has 0 N–H and O–H groups in total. The Hall–Kier alpha value is -1.44. The number of rotatable bonds is 6. The highest BCUT2D eigenvalue weighted by Crippen LogP contribution is 2.08. The van der Waals surface area contributed by atoms with Gasteiger partial charge < -0.3 is 0 Å². The van der Waals surface area contributed by atoms with Gasteiger partial charge >= 0.3 is 0 Å². The number of hydrogen-bond donors (Lipinski definition) is 0. The summed E-state index contributed by atoms with van der Waals surface area (Å²) < 4.78 is 0. The maximum Gasteiger partial charge on any atom is 0.144 e. The molecule has 0 unspecified atom stereocenters. The van der Waals surface area contributed by atoms with Crippen LogP contribution in [0.3, 0.4) is 0 Å². The molecular weight excluding hydrogens is 212 g/mol. The summed E-state index contributed by atoms with van der Waals surface area (Å²) >= 11 is 0. The van der Waals surface area contributed by atoms with Gasteiger partial charge in [0.15, 0.2) is 0 Å². The van der Waals surface area contributed by atoms with E-state index in [0.29, 0.717) is 18.8 Å². The van der Waals surface area contributed by atoms with Gasteiger partial charge in [0.25, 0.3) is 0 Å². The van der Waals surface area contributed by atoms with Gasteiger partial charge in [0, 0.05) is 12.8 Å². The second-order valence-corrected chi connectivity index (χ2v) is 5.01. The summed E-state index contributed by atoms with van der Waals surface area (Å²) in [6.45, 7) is 5.99. The third-order valence-electron chi connectivity index (χ3n) is 2.55. The Balaban J connectivity index is 2.44. The van der Waals surface area contributed by atoms with Gasteiger partial charge in [0.1, 0.15) is 11.6 Å². The molecule has 0 amide bonds. The smallest absolute Gasteiger partial charge is 0.144 e. The summed E-state index contributed by atoms with van der Waals surface area (Å²) in [6.07, 6.45) is 0.940. The Bertz CT molecular complexity index is 388. The zero-order valence-electron chi connectivity index (χ0n) is 10.8. The van der Waals surface area contributed by atoms with E-state index in [1.807, 2.05) is 45.0 Å². The lowest BCUT2D eigenvalue weighted by Gasteiger charge is -2.04. The number of hydrogen-bond acceptors (Lipinski definition) is 2. The molecule has 0 aliphatic heterocycles. The number of carbonyl (C=O) groups excluding carboxylic acids is 2. The number of benzene rings is 1. The number of carbonyl (C=O) groups is 2. The van der Waals surface area contributed by atoms with Crippen molar-refractivity contribution < 1.29 is 9.59 Å². The third kappa shape index (κ3) is 5.43. The van der Waals surface area contributed by atoms with E-state index in [1.165, 1.54) is 5.56 Å². The molecule has 2 nitrogen and oxygen atoms in total. The van der Waals surface area contributed by atoms with Crippen molar-refractivity contribution in [2.45, 2.75) is 40.0 Å². The van der Waals surface area contributed by atoms with Crippen LogP contribution in [0.4, 0.5) is 0 Å². The molecule has 2 heteroatoms. The van der Waals surface area contributed by atoms with Gasteiger partial charge in [-0.3, -0.25) is 9.59 Å². The predicted molar refractivity (Wildman–Crippen MR) is 69.0 cm³/mol. The minimum atomic E-state index is 0.0134. The zero-order chi connectivity index (χ0) is 12.8. The van der Waals surface area contributed by atoms with Gasteiger partial charge in [-0.15, -0.1) is 0 Å². The van der Waals surface area contributed by atoms with Crippen LogP contribution in [0, 0.1) is 12.8 Å². The molecule has 17 heavy (non-hydrogen) atoms. The molecule has 1 aromatic rings. The van der Waals surface area contributed by atoms with Crippen LogP contribution < -0.4 is 0 Å². The van der Waals surface area contributed by atoms with Crippen molar-refractivity contribution in [3.05, 3.63) is 35.4 Å². The highest BCUT2D eigenvalue weighted by atomic mass is 16.1. The molecule has 0 saturated heterocycles. The number of Topliss-reactive ketones (excluding diaryl/α,β-unsaturated/α-hetero) is 2. The summed E-state index contributed by atoms with van der Waals surface area (Å²) in [6, 6.07) is 7.86. The Morgan fingerprint density at radius 1 is 1.06 bits per heavy atom. The van der Waals surface area contributed by atoms with Crippen LogP contribution >= 0.6 is 0 Å². The maximum atomic E-state index is 11.7. The van der Waals surface area contributed by atoms with Crippen LogP contribution in [0.5, 0.6) is 0 Å². The Kier molecular flexibility index (Phi) is 5.08. The van der Waals surface area contributed by atoms with Crippen LogP contribution in [0.1, 0.15) is 37.8 Å². The Morgan fingerprint density at radius 2 is 1.65 bits per heavy atom. The fourth-order valence-corrected chi connectivity index (χ4v) is 1.74. The van der Waals surface area contributed by atoms with Gasteiger partial charge in [0.2, 0.25) is 0 Å². The quantitative estimate of drug-likeness (QED) is 0.706. The molecule has 0 aliphatic rings. The van der Waals surface area contributed by atoms with E-state index in [2.05, 4.69) is 0 Å². The normalized spacial score (nSPS) is 10.6. The molecule has 0 bridgehead atoms. The van der Waals surface area contributed by atoms with Crippen LogP contribution in [0.15, 0.2) is 24.3 Å². The average molecular weight is 232 g/mol. The number of aryl methyl sites for hydroxylation is 1. The lowest BCUT2D eigenvalue weighted by atomic mass is 10.00. The summed E-state index contributed by atoms with van der Waals surface area (Å²) in [7, 11) is 0. The van der Waals surface area contributed by atoms with Crippen LogP contribution in [-0.4, -0.2) is 11.6 Å². The van der Waals surface area contributed by atoms with E-state index in [1.54, 1.807) is 0 Å². The van der Waals surface area contributed by atoms with Crippen molar-refractivity contribution in [1.82, 2.24) is 0 Å². The molecule has 0 fully saturated rings. The van der Waals surface area contributed by atoms with E-state index >= 15 is 0 Å². The van der Waals surface area contributed by atoms with E-state index in [4.69, 9.17) is 0 Å². The number of ketones is 2. The van der Waals surface area contributed by atoms with Crippen molar-refractivity contribution in [2.24, 2.45) is 5.92 Å². The summed E-state index contributed by atoms with van der Waals surface area (Å²) in [5.74, 6) is 0.395. The van der Waals surface area contributed by atoms with Crippen molar-refractivity contribution in [1.29, 1.82) is 0 Å². The highest BCUT2D eigenvalue weighted by Gasteiger charge is 2.11. The molecule has 0 aliphatic carbocycles. The van der Waals surface area contributed by atoms with Gasteiger partial charge in [-0.25, -0.2) is 0 Å². The minimum Gasteiger partial charge on any atom is -0.299 e. The van der Waals surface area contributed by atoms with Crippen LogP contribution in [0.25, 0.3) is 0 Å². The van der Waals surface area contributed by atoms with Crippen molar-refractivity contribution in [2.75, 3.05) is 0 Å². The summed E-state index contributed by atoms with van der Waals surface area (Å²) in [5, 5.41) is 0. The van der Waals surface area contributed by atoms with Crippen molar-refractivity contribution >= 4 is 11.6 Å². The maximum absolute atomic E-state index is 11.7. The minimum absolute atomic E-state index is 0.0134. The first kappa shape index (κ1) is 13.6. The van der Waals surface area contributed by atoms with Gasteiger partial charge in [-0.1, -0.05) is 43.7 Å². The standard InChI is InChI=1S/C15H20O2/c1-11(2)8-14(16)10-15(17)9-13-6-4-12(3)5-7-13/h4-7,11H,8-10H2,1-3H3. The molecule has 1 rings (SSSR count). The monoisotopic (exact) mass is 232 g/mol. The molecular formula is C15H20O2. The first-order valence-electron chi connectivity index (χ1n) is 6.06. The predicted octanol–water partition coefficient (Wildman–Crippen LogP) is 3.11. The second-order valence-electron chi connectivity index (χ2n) is 5.01. The van der Waals surface area contributed by atoms with Crippen LogP contribution in [-0.2, 0) is 16.0 Å². The summed E-state index contributed by atoms with van der Waals surface area (Å²) in [4.78, 5) is 23.2. The van der Waals surface area contributed by atoms with Gasteiger partial charge in [-0.05, 0) is 18.4 Å².